The lowest BCUT2D eigenvalue weighted by atomic mass is 10.2. The summed E-state index contributed by atoms with van der Waals surface area (Å²) in [5.74, 6) is 0.623. The number of thioether (sulfide) groups is 1. The third-order valence-electron chi connectivity index (χ3n) is 1.86. The Morgan fingerprint density at radius 1 is 1.62 bits per heavy atom. The largest absolute Gasteiger partial charge is 0.349 e. The Labute approximate surface area is 109 Å². The second-order valence-corrected chi connectivity index (χ2v) is 5.02. The first-order valence-corrected chi connectivity index (χ1v) is 6.80. The summed E-state index contributed by atoms with van der Waals surface area (Å²) < 4.78 is 0. The maximum atomic E-state index is 11.8. The molecule has 1 aromatic rings. The van der Waals surface area contributed by atoms with Gasteiger partial charge >= 0.3 is 0 Å². The van der Waals surface area contributed by atoms with Crippen molar-refractivity contribution in [1.29, 1.82) is 0 Å². The van der Waals surface area contributed by atoms with Crippen LogP contribution in [0, 0.1) is 0 Å². The Hall–Kier alpha value is -0.450. The average molecular weight is 279 g/mol. The molecule has 1 heterocycles. The molecule has 6 heteroatoms. The Bertz CT molecular complexity index is 387. The minimum atomic E-state index is -0.226. The molecule has 16 heavy (non-hydrogen) atoms. The van der Waals surface area contributed by atoms with E-state index in [1.165, 1.54) is 12.3 Å². The van der Waals surface area contributed by atoms with Gasteiger partial charge in [0.05, 0.1) is 10.6 Å². The number of pyridine rings is 1. The number of amides is 1. The second kappa shape index (κ2) is 6.33. The van der Waals surface area contributed by atoms with E-state index in [2.05, 4.69) is 10.3 Å². The minimum Gasteiger partial charge on any atom is -0.349 e. The highest BCUT2D eigenvalue weighted by Gasteiger charge is 2.13. The predicted octanol–water partition coefficient (Wildman–Crippen LogP) is 2.87. The maximum absolute atomic E-state index is 11.8. The maximum Gasteiger partial charge on any atom is 0.253 e. The zero-order chi connectivity index (χ0) is 12.1. The number of carbonyl (C=O) groups excluding carboxylic acids is 1. The van der Waals surface area contributed by atoms with Crippen LogP contribution in [0.15, 0.2) is 12.3 Å². The van der Waals surface area contributed by atoms with Gasteiger partial charge in [-0.15, -0.1) is 0 Å². The summed E-state index contributed by atoms with van der Waals surface area (Å²) in [6.07, 6.45) is 3.36. The van der Waals surface area contributed by atoms with E-state index >= 15 is 0 Å². The van der Waals surface area contributed by atoms with E-state index in [-0.39, 0.29) is 17.1 Å². The summed E-state index contributed by atoms with van der Waals surface area (Å²) >= 11 is 13.2. The number of aromatic nitrogens is 1. The van der Waals surface area contributed by atoms with Crippen molar-refractivity contribution in [2.75, 3.05) is 12.0 Å². The van der Waals surface area contributed by atoms with Crippen LogP contribution in [0.4, 0.5) is 0 Å². The predicted molar refractivity (Wildman–Crippen MR) is 69.6 cm³/mol. The van der Waals surface area contributed by atoms with Crippen molar-refractivity contribution in [3.05, 3.63) is 28.0 Å². The highest BCUT2D eigenvalue weighted by molar-refractivity contribution is 7.98. The molecule has 0 bridgehead atoms. The van der Waals surface area contributed by atoms with Gasteiger partial charge in [-0.3, -0.25) is 4.79 Å². The van der Waals surface area contributed by atoms with Crippen LogP contribution in [-0.4, -0.2) is 28.9 Å². The van der Waals surface area contributed by atoms with Crippen molar-refractivity contribution < 1.29 is 4.79 Å². The first-order valence-electron chi connectivity index (χ1n) is 4.65. The van der Waals surface area contributed by atoms with E-state index in [4.69, 9.17) is 23.2 Å². The summed E-state index contributed by atoms with van der Waals surface area (Å²) in [5.41, 5.74) is 0.356. The van der Waals surface area contributed by atoms with Crippen LogP contribution in [0.2, 0.25) is 10.2 Å². The molecule has 0 aromatic carbocycles. The van der Waals surface area contributed by atoms with Crippen LogP contribution in [0.3, 0.4) is 0 Å². The first-order chi connectivity index (χ1) is 7.54. The number of halogens is 2. The van der Waals surface area contributed by atoms with E-state index < -0.39 is 0 Å². The summed E-state index contributed by atoms with van der Waals surface area (Å²) in [5, 5.41) is 3.39. The van der Waals surface area contributed by atoms with Crippen molar-refractivity contribution in [1.82, 2.24) is 10.3 Å². The van der Waals surface area contributed by atoms with Gasteiger partial charge < -0.3 is 5.32 Å². The van der Waals surface area contributed by atoms with Crippen molar-refractivity contribution in [3.63, 3.8) is 0 Å². The van der Waals surface area contributed by atoms with Crippen LogP contribution >= 0.6 is 35.0 Å². The number of nitrogens with one attached hydrogen (secondary N) is 1. The summed E-state index contributed by atoms with van der Waals surface area (Å²) in [6.45, 7) is 1.94. The molecule has 1 unspecified atom stereocenters. The lowest BCUT2D eigenvalue weighted by molar-refractivity contribution is 0.0944. The van der Waals surface area contributed by atoms with E-state index in [0.29, 0.717) is 10.6 Å². The molecule has 0 aliphatic heterocycles. The van der Waals surface area contributed by atoms with Crippen LogP contribution in [0.5, 0.6) is 0 Å². The molecule has 3 nitrogen and oxygen atoms in total. The monoisotopic (exact) mass is 278 g/mol. The first kappa shape index (κ1) is 13.6. The van der Waals surface area contributed by atoms with Gasteiger partial charge in [0, 0.05) is 18.0 Å². The molecule has 1 amide bonds. The average Bonchev–Trinajstić information content (AvgIpc) is 2.21. The van der Waals surface area contributed by atoms with Gasteiger partial charge in [-0.05, 0) is 19.2 Å². The highest BCUT2D eigenvalue weighted by atomic mass is 35.5. The summed E-state index contributed by atoms with van der Waals surface area (Å²) in [6, 6.07) is 1.55. The smallest absolute Gasteiger partial charge is 0.253 e. The molecule has 0 saturated heterocycles. The normalized spacial score (nSPS) is 12.2. The quantitative estimate of drug-likeness (QED) is 0.862. The summed E-state index contributed by atoms with van der Waals surface area (Å²) in [4.78, 5) is 15.6. The molecule has 0 saturated carbocycles. The van der Waals surface area contributed by atoms with Crippen molar-refractivity contribution in [2.45, 2.75) is 13.0 Å². The van der Waals surface area contributed by atoms with Gasteiger partial charge in [-0.1, -0.05) is 23.2 Å². The lowest BCUT2D eigenvalue weighted by Gasteiger charge is -2.13. The molecule has 0 aliphatic rings. The fraction of sp³-hybridized carbons (Fsp3) is 0.400. The van der Waals surface area contributed by atoms with Gasteiger partial charge in [0.1, 0.15) is 5.15 Å². The molecular formula is C10H12Cl2N2OS. The standard InChI is InChI=1S/C10H12Cl2N2OS/c1-6(5-16-2)14-10(15)7-3-9(12)13-4-8(7)11/h3-4,6H,5H2,1-2H3,(H,14,15). The molecule has 0 spiro atoms. The number of carbonyl (C=O) groups is 1. The van der Waals surface area contributed by atoms with Crippen molar-refractivity contribution in [3.8, 4) is 0 Å². The fourth-order valence-electron chi connectivity index (χ4n) is 1.18. The molecule has 88 valence electrons. The molecule has 1 rings (SSSR count). The Kier molecular flexibility index (Phi) is 5.38. The topological polar surface area (TPSA) is 42.0 Å². The molecule has 1 aromatic heterocycles. The van der Waals surface area contributed by atoms with Crippen molar-refractivity contribution in [2.24, 2.45) is 0 Å². The molecular weight excluding hydrogens is 267 g/mol. The van der Waals surface area contributed by atoms with E-state index in [9.17, 15) is 4.79 Å². The van der Waals surface area contributed by atoms with Gasteiger partial charge in [-0.2, -0.15) is 11.8 Å². The third-order valence-corrected chi connectivity index (χ3v) is 3.20. The van der Waals surface area contributed by atoms with Gasteiger partial charge in [-0.25, -0.2) is 4.98 Å². The molecule has 0 aliphatic carbocycles. The Morgan fingerprint density at radius 2 is 2.31 bits per heavy atom. The van der Waals surface area contributed by atoms with Crippen molar-refractivity contribution >= 4 is 40.9 Å². The van der Waals surface area contributed by atoms with Crippen LogP contribution in [0.25, 0.3) is 0 Å². The minimum absolute atomic E-state index is 0.0884. The third kappa shape index (κ3) is 3.85. The second-order valence-electron chi connectivity index (χ2n) is 3.32. The molecule has 1 atom stereocenters. The molecule has 0 radical (unpaired) electrons. The van der Waals surface area contributed by atoms with Crippen LogP contribution in [-0.2, 0) is 0 Å². The van der Waals surface area contributed by atoms with E-state index in [1.54, 1.807) is 11.8 Å². The number of hydrogen-bond acceptors (Lipinski definition) is 3. The Balaban J connectivity index is 2.76. The lowest BCUT2D eigenvalue weighted by Crippen LogP contribution is -2.34. The van der Waals surface area contributed by atoms with Crippen LogP contribution < -0.4 is 5.32 Å². The van der Waals surface area contributed by atoms with Gasteiger partial charge in [0.2, 0.25) is 0 Å². The SMILES string of the molecule is CSCC(C)NC(=O)c1cc(Cl)ncc1Cl. The van der Waals surface area contributed by atoms with Gasteiger partial charge in [0.25, 0.3) is 5.91 Å². The zero-order valence-electron chi connectivity index (χ0n) is 8.96. The summed E-state index contributed by atoms with van der Waals surface area (Å²) in [7, 11) is 0. The number of hydrogen-bond donors (Lipinski definition) is 1. The molecule has 0 fully saturated rings. The van der Waals surface area contributed by atoms with Gasteiger partial charge in [0.15, 0.2) is 0 Å². The van der Waals surface area contributed by atoms with E-state index in [0.717, 1.165) is 5.75 Å². The van der Waals surface area contributed by atoms with Crippen LogP contribution in [0.1, 0.15) is 17.3 Å². The number of rotatable bonds is 4. The highest BCUT2D eigenvalue weighted by Crippen LogP contribution is 2.18. The Morgan fingerprint density at radius 3 is 2.94 bits per heavy atom. The van der Waals surface area contributed by atoms with E-state index in [1.807, 2.05) is 13.2 Å². The molecule has 1 N–H and O–H groups in total. The number of nitrogens with zero attached hydrogens (tertiary/aromatic N) is 1. The zero-order valence-corrected chi connectivity index (χ0v) is 11.3. The fourth-order valence-corrected chi connectivity index (χ4v) is 2.11.